The summed E-state index contributed by atoms with van der Waals surface area (Å²) in [4.78, 5) is 22.0. The lowest BCUT2D eigenvalue weighted by atomic mass is 10.0. The van der Waals surface area contributed by atoms with E-state index >= 15 is 0 Å². The number of aliphatic hydroxyl groups excluding tert-OH is 1. The average molecular weight is 352 g/mol. The molecule has 1 aliphatic heterocycles. The van der Waals surface area contributed by atoms with Crippen LogP contribution in [-0.4, -0.2) is 62.2 Å². The maximum absolute atomic E-state index is 11.3. The van der Waals surface area contributed by atoms with E-state index in [4.69, 9.17) is 14.6 Å². The van der Waals surface area contributed by atoms with Gasteiger partial charge in [-0.05, 0) is 25.4 Å². The number of carbonyl (C=O) groups excluding carboxylic acids is 1. The first-order chi connectivity index (χ1) is 10.2. The summed E-state index contributed by atoms with van der Waals surface area (Å²) < 4.78 is 11.7. The van der Waals surface area contributed by atoms with E-state index in [1.54, 1.807) is 37.4 Å². The number of hydrogen-bond donors (Lipinski definition) is 2. The third-order valence-corrected chi connectivity index (χ3v) is 5.78. The van der Waals surface area contributed by atoms with Gasteiger partial charge in [-0.15, -0.1) is 23.5 Å². The zero-order chi connectivity index (χ0) is 16.9. The Hall–Kier alpha value is -0.280. The van der Waals surface area contributed by atoms with Gasteiger partial charge in [-0.25, -0.2) is 4.79 Å². The largest absolute Gasteiger partial charge is 0.475 e. The average Bonchev–Trinajstić information content (AvgIpc) is 2.74. The van der Waals surface area contributed by atoms with Crippen molar-refractivity contribution in [2.75, 3.05) is 11.5 Å². The molecule has 3 atom stereocenters. The fraction of sp³-hybridized carbons (Fsp3) is 0.857. The third kappa shape index (κ3) is 5.42. The normalized spacial score (nSPS) is 25.4. The predicted octanol–water partition coefficient (Wildman–Crippen LogP) is 1.74. The van der Waals surface area contributed by atoms with Crippen LogP contribution in [0.5, 0.6) is 0 Å². The van der Waals surface area contributed by atoms with Gasteiger partial charge in [0.25, 0.3) is 0 Å². The maximum Gasteiger partial charge on any atom is 0.372 e. The minimum atomic E-state index is -1.55. The number of ether oxygens (including phenoxy) is 2. The Bertz CT molecular complexity index is 395. The second kappa shape index (κ2) is 8.54. The van der Waals surface area contributed by atoms with Crippen LogP contribution in [0.25, 0.3) is 0 Å². The Balaban J connectivity index is 2.87. The first-order valence-electron chi connectivity index (χ1n) is 7.24. The highest BCUT2D eigenvalue weighted by atomic mass is 32.2. The standard InChI is InChI=1S/C14H24O6S2/c1-5-21-13(22-6-2)11-10(19-14(3,4)20-11)8(15)7-9(16)12(17)18/h8,10-11,13,15H,5-7H2,1-4H3,(H,17,18)/t8-,10-,11+/m0/s1. The van der Waals surface area contributed by atoms with E-state index < -0.39 is 42.3 Å². The number of carboxylic acid groups (broad SMARTS) is 1. The van der Waals surface area contributed by atoms with Gasteiger partial charge >= 0.3 is 5.97 Å². The summed E-state index contributed by atoms with van der Waals surface area (Å²) in [5.41, 5.74) is 0. The molecular weight excluding hydrogens is 328 g/mol. The highest BCUT2D eigenvalue weighted by Crippen LogP contribution is 2.40. The summed E-state index contributed by atoms with van der Waals surface area (Å²) in [6, 6.07) is 0. The van der Waals surface area contributed by atoms with E-state index in [2.05, 4.69) is 0 Å². The van der Waals surface area contributed by atoms with Crippen LogP contribution in [0.1, 0.15) is 34.1 Å². The van der Waals surface area contributed by atoms with E-state index in [1.165, 1.54) is 0 Å². The molecule has 0 aliphatic carbocycles. The van der Waals surface area contributed by atoms with Gasteiger partial charge in [0.2, 0.25) is 5.78 Å². The molecule has 0 spiro atoms. The Morgan fingerprint density at radius 2 is 1.64 bits per heavy atom. The fourth-order valence-corrected chi connectivity index (χ4v) is 4.94. The van der Waals surface area contributed by atoms with Crippen molar-refractivity contribution in [2.45, 2.75) is 62.8 Å². The van der Waals surface area contributed by atoms with E-state index in [0.29, 0.717) is 0 Å². The van der Waals surface area contributed by atoms with Gasteiger partial charge in [0, 0.05) is 6.42 Å². The zero-order valence-electron chi connectivity index (χ0n) is 13.3. The zero-order valence-corrected chi connectivity index (χ0v) is 14.9. The molecule has 0 saturated carbocycles. The van der Waals surface area contributed by atoms with Crippen molar-refractivity contribution in [2.24, 2.45) is 0 Å². The Kier molecular flexibility index (Phi) is 7.67. The molecule has 1 fully saturated rings. The quantitative estimate of drug-likeness (QED) is 0.479. The van der Waals surface area contributed by atoms with Crippen molar-refractivity contribution in [3.8, 4) is 0 Å². The second-order valence-corrected chi connectivity index (χ2v) is 8.48. The minimum Gasteiger partial charge on any atom is -0.475 e. The molecular formula is C14H24O6S2. The van der Waals surface area contributed by atoms with Gasteiger partial charge in [0.1, 0.15) is 12.2 Å². The van der Waals surface area contributed by atoms with Crippen molar-refractivity contribution < 1.29 is 29.3 Å². The number of aliphatic hydroxyl groups is 1. The van der Waals surface area contributed by atoms with Crippen LogP contribution < -0.4 is 0 Å². The Labute approximate surface area is 139 Å². The van der Waals surface area contributed by atoms with Crippen LogP contribution in [0.15, 0.2) is 0 Å². The summed E-state index contributed by atoms with van der Waals surface area (Å²) in [7, 11) is 0. The monoisotopic (exact) mass is 352 g/mol. The van der Waals surface area contributed by atoms with Gasteiger partial charge in [0.05, 0.1) is 10.7 Å². The van der Waals surface area contributed by atoms with Crippen LogP contribution >= 0.6 is 23.5 Å². The van der Waals surface area contributed by atoms with Crippen LogP contribution in [0.2, 0.25) is 0 Å². The van der Waals surface area contributed by atoms with Crippen LogP contribution in [0, 0.1) is 0 Å². The smallest absolute Gasteiger partial charge is 0.372 e. The molecule has 6 nitrogen and oxygen atoms in total. The summed E-state index contributed by atoms with van der Waals surface area (Å²) in [5, 5.41) is 18.9. The van der Waals surface area contributed by atoms with Gasteiger partial charge in [0.15, 0.2) is 5.79 Å². The van der Waals surface area contributed by atoms with Crippen molar-refractivity contribution in [1.29, 1.82) is 0 Å². The molecule has 1 rings (SSSR count). The SMILES string of the molecule is CCSC(SCC)[C@@H]1OC(C)(C)O[C@H]1[C@@H](O)CC(=O)C(=O)O. The van der Waals surface area contributed by atoms with Crippen molar-refractivity contribution >= 4 is 35.3 Å². The molecule has 8 heteroatoms. The van der Waals surface area contributed by atoms with E-state index in [1.807, 2.05) is 13.8 Å². The number of aliphatic carboxylic acids is 1. The number of hydrogen-bond acceptors (Lipinski definition) is 7. The van der Waals surface area contributed by atoms with E-state index in [9.17, 15) is 14.7 Å². The molecule has 22 heavy (non-hydrogen) atoms. The highest BCUT2D eigenvalue weighted by molar-refractivity contribution is 8.17. The van der Waals surface area contributed by atoms with Gasteiger partial charge in [-0.3, -0.25) is 4.79 Å². The topological polar surface area (TPSA) is 93.1 Å². The molecule has 2 N–H and O–H groups in total. The van der Waals surface area contributed by atoms with Crippen LogP contribution in [0.3, 0.4) is 0 Å². The van der Waals surface area contributed by atoms with Crippen LogP contribution in [0.4, 0.5) is 0 Å². The number of ketones is 1. The lowest BCUT2D eigenvalue weighted by Gasteiger charge is -2.27. The lowest BCUT2D eigenvalue weighted by Crippen LogP contribution is -2.42. The van der Waals surface area contributed by atoms with Gasteiger partial charge in [-0.2, -0.15) is 0 Å². The molecule has 0 bridgehead atoms. The number of rotatable bonds is 9. The van der Waals surface area contributed by atoms with E-state index in [-0.39, 0.29) is 4.58 Å². The molecule has 1 saturated heterocycles. The molecule has 1 aliphatic rings. The first-order valence-corrected chi connectivity index (χ1v) is 9.34. The molecule has 0 amide bonds. The molecule has 1 heterocycles. The van der Waals surface area contributed by atoms with Crippen LogP contribution in [-0.2, 0) is 19.1 Å². The number of carbonyl (C=O) groups is 2. The first kappa shape index (κ1) is 19.8. The van der Waals surface area contributed by atoms with Crippen molar-refractivity contribution in [3.05, 3.63) is 0 Å². The molecule has 128 valence electrons. The van der Waals surface area contributed by atoms with Crippen molar-refractivity contribution in [3.63, 3.8) is 0 Å². The number of thioether (sulfide) groups is 2. The highest BCUT2D eigenvalue weighted by Gasteiger charge is 2.48. The summed E-state index contributed by atoms with van der Waals surface area (Å²) in [6.45, 7) is 7.56. The van der Waals surface area contributed by atoms with Gasteiger partial charge < -0.3 is 19.7 Å². The van der Waals surface area contributed by atoms with Gasteiger partial charge in [-0.1, -0.05) is 13.8 Å². The minimum absolute atomic E-state index is 0.0522. The Morgan fingerprint density at radius 1 is 1.14 bits per heavy atom. The molecule has 0 unspecified atom stereocenters. The molecule has 0 aromatic carbocycles. The maximum atomic E-state index is 11.3. The van der Waals surface area contributed by atoms with Crippen molar-refractivity contribution in [1.82, 2.24) is 0 Å². The summed E-state index contributed by atoms with van der Waals surface area (Å²) in [6.07, 6.45) is -2.80. The Morgan fingerprint density at radius 3 is 2.09 bits per heavy atom. The fourth-order valence-electron chi connectivity index (χ4n) is 2.28. The second-order valence-electron chi connectivity index (χ2n) is 5.34. The third-order valence-electron chi connectivity index (χ3n) is 3.11. The lowest BCUT2D eigenvalue weighted by molar-refractivity contribution is -0.159. The predicted molar refractivity (Wildman–Crippen MR) is 87.1 cm³/mol. The molecule has 0 aromatic rings. The summed E-state index contributed by atoms with van der Waals surface area (Å²) >= 11 is 3.38. The number of carboxylic acids is 1. The summed E-state index contributed by atoms with van der Waals surface area (Å²) in [5.74, 6) is -1.67. The van der Waals surface area contributed by atoms with E-state index in [0.717, 1.165) is 11.5 Å². The molecule has 0 aromatic heterocycles. The molecule has 0 radical (unpaired) electrons. The number of Topliss-reactive ketones (excluding diaryl/α,β-unsaturated/α-hetero) is 1.